The summed E-state index contributed by atoms with van der Waals surface area (Å²) in [6, 6.07) is 3.49. The van der Waals surface area contributed by atoms with Crippen LogP contribution in [0.3, 0.4) is 0 Å². The van der Waals surface area contributed by atoms with Crippen LogP contribution in [-0.2, 0) is 9.53 Å². The molecule has 10 nitrogen and oxygen atoms in total. The molecule has 188 valence electrons. The van der Waals surface area contributed by atoms with E-state index >= 15 is 4.39 Å². The fraction of sp³-hybridized carbons (Fsp3) is 0.348. The molecule has 13 heteroatoms. The second kappa shape index (κ2) is 9.30. The Morgan fingerprint density at radius 1 is 1.33 bits per heavy atom. The van der Waals surface area contributed by atoms with E-state index in [1.54, 1.807) is 37.2 Å². The Labute approximate surface area is 208 Å². The number of carbonyl (C=O) groups excluding carboxylic acids is 2. The average molecular weight is 516 g/mol. The van der Waals surface area contributed by atoms with Crippen molar-refractivity contribution in [3.8, 4) is 11.3 Å². The van der Waals surface area contributed by atoms with Crippen molar-refractivity contribution in [1.82, 2.24) is 25.5 Å². The van der Waals surface area contributed by atoms with Gasteiger partial charge in [0.2, 0.25) is 5.91 Å². The fourth-order valence-corrected chi connectivity index (χ4v) is 4.89. The number of hydrogen-bond donors (Lipinski definition) is 3. The number of benzene rings is 1. The second-order valence-corrected chi connectivity index (χ2v) is 9.49. The lowest BCUT2D eigenvalue weighted by molar-refractivity contribution is -0.117. The zero-order valence-electron chi connectivity index (χ0n) is 19.7. The molecule has 2 amide bonds. The quantitative estimate of drug-likeness (QED) is 0.342. The topological polar surface area (TPSA) is 125 Å². The normalized spacial score (nSPS) is 16.8. The number of likely N-dealkylation sites (N-methyl/N-ethyl adjacent to an activating group) is 1. The summed E-state index contributed by atoms with van der Waals surface area (Å²) in [4.78, 5) is 34.6. The Kier molecular flexibility index (Phi) is 6.16. The van der Waals surface area contributed by atoms with Crippen LogP contribution in [0, 0.1) is 18.7 Å². The highest BCUT2D eigenvalue weighted by molar-refractivity contribution is 7.22. The first-order valence-corrected chi connectivity index (χ1v) is 12.0. The summed E-state index contributed by atoms with van der Waals surface area (Å²) >= 11 is 1.17. The molecular weight excluding hydrogens is 492 g/mol. The van der Waals surface area contributed by atoms with Gasteiger partial charge in [0.05, 0.1) is 35.6 Å². The van der Waals surface area contributed by atoms with Gasteiger partial charge in [0.1, 0.15) is 23.1 Å². The lowest BCUT2D eigenvalue weighted by atomic mass is 9.98. The number of aromatic amines is 1. The smallest absolute Gasteiger partial charge is 0.406 e. The Hall–Kier alpha value is -3.87. The van der Waals surface area contributed by atoms with E-state index < -0.39 is 24.0 Å². The summed E-state index contributed by atoms with van der Waals surface area (Å²) in [5.74, 6) is -1.46. The van der Waals surface area contributed by atoms with Gasteiger partial charge >= 0.3 is 6.09 Å². The molecule has 1 aliphatic carbocycles. The van der Waals surface area contributed by atoms with E-state index in [1.165, 1.54) is 18.4 Å². The van der Waals surface area contributed by atoms with Gasteiger partial charge in [0.25, 0.3) is 0 Å². The SMILES string of the molecule is CNC(=O)OCCN(C)c1c(F)c(C)c(-c2ccc3nc(NC(=O)[C@@H]4C[C@@H]4F)sc3n2)c2cn[nH]c12. The standard InChI is InChI=1S/C23H23F2N7O3S/c1-10-16(12-9-27-31-18(12)19(17(10)25)32(3)6-7-35-23(34)26-2)14-4-5-15-21(28-14)36-22(29-15)30-20(33)11-8-13(11)24/h4-5,9,11,13H,6-8H2,1-3H3,(H,26,34)(H,27,31)(H,29,30,33)/t11-,13+/m1/s1. The number of pyridine rings is 1. The fourth-order valence-electron chi connectivity index (χ4n) is 4.05. The Morgan fingerprint density at radius 2 is 2.11 bits per heavy atom. The van der Waals surface area contributed by atoms with Crippen molar-refractivity contribution in [2.24, 2.45) is 5.92 Å². The number of fused-ring (bicyclic) bond motifs is 2. The maximum Gasteiger partial charge on any atom is 0.406 e. The molecule has 0 aliphatic heterocycles. The Bertz CT molecular complexity index is 1490. The molecule has 4 aromatic rings. The van der Waals surface area contributed by atoms with E-state index in [9.17, 15) is 14.0 Å². The number of thiazole rings is 1. The number of alkyl carbamates (subject to hydrolysis) is 1. The van der Waals surface area contributed by atoms with E-state index in [-0.39, 0.29) is 25.5 Å². The van der Waals surface area contributed by atoms with Crippen molar-refractivity contribution < 1.29 is 23.1 Å². The van der Waals surface area contributed by atoms with E-state index in [0.717, 1.165) is 0 Å². The zero-order valence-corrected chi connectivity index (χ0v) is 20.5. The molecule has 5 rings (SSSR count). The summed E-state index contributed by atoms with van der Waals surface area (Å²) in [5.41, 5.74) is 2.84. The van der Waals surface area contributed by atoms with E-state index in [2.05, 4.69) is 30.8 Å². The van der Waals surface area contributed by atoms with E-state index in [0.29, 0.717) is 48.9 Å². The van der Waals surface area contributed by atoms with Crippen molar-refractivity contribution in [2.75, 3.05) is 37.5 Å². The molecule has 0 saturated heterocycles. The monoisotopic (exact) mass is 515 g/mol. The minimum absolute atomic E-state index is 0.0707. The predicted octanol–water partition coefficient (Wildman–Crippen LogP) is 3.77. The molecule has 0 bridgehead atoms. The van der Waals surface area contributed by atoms with Crippen LogP contribution in [0.1, 0.15) is 12.0 Å². The van der Waals surface area contributed by atoms with Gasteiger partial charge in [0.15, 0.2) is 10.9 Å². The first-order valence-electron chi connectivity index (χ1n) is 11.2. The summed E-state index contributed by atoms with van der Waals surface area (Å²) in [5, 5.41) is 13.0. The molecule has 3 heterocycles. The Morgan fingerprint density at radius 3 is 2.83 bits per heavy atom. The summed E-state index contributed by atoms with van der Waals surface area (Å²) < 4.78 is 33.9. The number of rotatable bonds is 7. The molecule has 1 aliphatic rings. The third-order valence-corrected chi connectivity index (χ3v) is 6.97. The van der Waals surface area contributed by atoms with Crippen LogP contribution in [0.15, 0.2) is 18.3 Å². The van der Waals surface area contributed by atoms with Crippen molar-refractivity contribution in [1.29, 1.82) is 0 Å². The maximum absolute atomic E-state index is 15.7. The lowest BCUT2D eigenvalue weighted by Crippen LogP contribution is -2.28. The number of nitrogens with one attached hydrogen (secondary N) is 3. The number of halogens is 2. The second-order valence-electron chi connectivity index (χ2n) is 8.52. The number of carbonyl (C=O) groups is 2. The minimum atomic E-state index is -1.09. The number of aromatic nitrogens is 4. The molecular formula is C23H23F2N7O3S. The van der Waals surface area contributed by atoms with Crippen LogP contribution < -0.4 is 15.5 Å². The molecule has 0 unspecified atom stereocenters. The number of anilines is 2. The molecule has 1 saturated carbocycles. The van der Waals surface area contributed by atoms with Gasteiger partial charge in [0, 0.05) is 25.0 Å². The van der Waals surface area contributed by atoms with Crippen LogP contribution in [0.25, 0.3) is 32.5 Å². The molecule has 2 atom stereocenters. The van der Waals surface area contributed by atoms with Crippen LogP contribution >= 0.6 is 11.3 Å². The number of H-pyrrole nitrogens is 1. The van der Waals surface area contributed by atoms with Crippen LogP contribution in [0.2, 0.25) is 0 Å². The largest absolute Gasteiger partial charge is 0.448 e. The van der Waals surface area contributed by atoms with Crippen molar-refractivity contribution >= 4 is 55.4 Å². The first kappa shape index (κ1) is 23.9. The summed E-state index contributed by atoms with van der Waals surface area (Å²) in [7, 11) is 3.17. The molecule has 3 N–H and O–H groups in total. The van der Waals surface area contributed by atoms with Gasteiger partial charge in [-0.15, -0.1) is 0 Å². The van der Waals surface area contributed by atoms with Crippen molar-refractivity contribution in [3.63, 3.8) is 0 Å². The Balaban J connectivity index is 1.47. The van der Waals surface area contributed by atoms with Crippen LogP contribution in [0.5, 0.6) is 0 Å². The van der Waals surface area contributed by atoms with Gasteiger partial charge in [-0.05, 0) is 31.0 Å². The van der Waals surface area contributed by atoms with Crippen molar-refractivity contribution in [2.45, 2.75) is 19.5 Å². The molecule has 1 fully saturated rings. The third kappa shape index (κ3) is 4.30. The molecule has 36 heavy (non-hydrogen) atoms. The molecule has 0 radical (unpaired) electrons. The maximum atomic E-state index is 15.7. The average Bonchev–Trinajstić information content (AvgIpc) is 3.21. The number of ether oxygens (including phenoxy) is 1. The van der Waals surface area contributed by atoms with E-state index in [4.69, 9.17) is 4.74 Å². The van der Waals surface area contributed by atoms with Crippen LogP contribution in [0.4, 0.5) is 24.4 Å². The third-order valence-electron chi connectivity index (χ3n) is 6.09. The number of hydrogen-bond acceptors (Lipinski definition) is 8. The highest BCUT2D eigenvalue weighted by Crippen LogP contribution is 2.40. The zero-order chi connectivity index (χ0) is 25.6. The predicted molar refractivity (Wildman–Crippen MR) is 133 cm³/mol. The highest BCUT2D eigenvalue weighted by Gasteiger charge is 2.43. The molecule has 0 spiro atoms. The van der Waals surface area contributed by atoms with Gasteiger partial charge in [-0.2, -0.15) is 5.10 Å². The van der Waals surface area contributed by atoms with E-state index in [1.807, 2.05) is 0 Å². The van der Waals surface area contributed by atoms with Crippen LogP contribution in [-0.4, -0.2) is 65.6 Å². The molecule has 1 aromatic carbocycles. The number of nitrogens with zero attached hydrogens (tertiary/aromatic N) is 4. The summed E-state index contributed by atoms with van der Waals surface area (Å²) in [6.45, 7) is 2.00. The first-order chi connectivity index (χ1) is 17.3. The minimum Gasteiger partial charge on any atom is -0.448 e. The number of amides is 2. The lowest BCUT2D eigenvalue weighted by Gasteiger charge is -2.22. The number of alkyl halides is 1. The highest BCUT2D eigenvalue weighted by atomic mass is 32.1. The van der Waals surface area contributed by atoms with Crippen molar-refractivity contribution in [3.05, 3.63) is 29.7 Å². The summed E-state index contributed by atoms with van der Waals surface area (Å²) in [6.07, 6.45) is 0.192. The van der Waals surface area contributed by atoms with Gasteiger partial charge in [-0.3, -0.25) is 9.89 Å². The molecule has 3 aromatic heterocycles. The van der Waals surface area contributed by atoms with Gasteiger partial charge in [-0.25, -0.2) is 23.5 Å². The van der Waals surface area contributed by atoms with Gasteiger partial charge in [-0.1, -0.05) is 11.3 Å². The van der Waals surface area contributed by atoms with Gasteiger partial charge < -0.3 is 20.3 Å².